The molecule has 17 heavy (non-hydrogen) atoms. The number of nitrogens with one attached hydrogen (secondary N) is 1. The van der Waals surface area contributed by atoms with Crippen LogP contribution in [-0.2, 0) is 9.47 Å². The fourth-order valence-electron chi connectivity index (χ4n) is 2.31. The number of rotatable bonds is 10. The Morgan fingerprint density at radius 3 is 2.35 bits per heavy atom. The van der Waals surface area contributed by atoms with Crippen molar-refractivity contribution in [3.63, 3.8) is 0 Å². The molecule has 3 nitrogen and oxygen atoms in total. The van der Waals surface area contributed by atoms with E-state index in [2.05, 4.69) is 12.2 Å². The Hall–Kier alpha value is -0.120. The Morgan fingerprint density at radius 2 is 1.65 bits per heavy atom. The van der Waals surface area contributed by atoms with E-state index in [0.29, 0.717) is 0 Å². The molecular formula is C14H29NO2. The van der Waals surface area contributed by atoms with E-state index < -0.39 is 0 Å². The maximum absolute atomic E-state index is 5.48. The Kier molecular flexibility index (Phi) is 9.66. The highest BCUT2D eigenvalue weighted by molar-refractivity contribution is 4.67. The van der Waals surface area contributed by atoms with E-state index in [1.807, 2.05) is 0 Å². The van der Waals surface area contributed by atoms with Crippen LogP contribution in [0, 0.1) is 5.92 Å². The molecule has 0 heterocycles. The summed E-state index contributed by atoms with van der Waals surface area (Å²) in [6, 6.07) is 0. The first kappa shape index (κ1) is 14.9. The third-order valence-corrected chi connectivity index (χ3v) is 3.30. The summed E-state index contributed by atoms with van der Waals surface area (Å²) < 4.78 is 10.8. The zero-order chi connectivity index (χ0) is 12.2. The summed E-state index contributed by atoms with van der Waals surface area (Å²) in [6.07, 6.45) is 8.22. The fourth-order valence-corrected chi connectivity index (χ4v) is 2.31. The molecule has 0 aromatic heterocycles. The average Bonchev–Trinajstić information content (AvgIpc) is 2.38. The van der Waals surface area contributed by atoms with E-state index in [-0.39, 0.29) is 0 Å². The summed E-state index contributed by atoms with van der Waals surface area (Å²) in [4.78, 5) is 0. The van der Waals surface area contributed by atoms with Gasteiger partial charge < -0.3 is 14.8 Å². The first-order valence-corrected chi connectivity index (χ1v) is 7.29. The highest BCUT2D eigenvalue weighted by Gasteiger charge is 2.12. The summed E-state index contributed by atoms with van der Waals surface area (Å²) in [5.74, 6) is 0.914. The third-order valence-electron chi connectivity index (χ3n) is 3.30. The highest BCUT2D eigenvalue weighted by atomic mass is 16.5. The average molecular weight is 243 g/mol. The molecule has 102 valence electrons. The lowest BCUT2D eigenvalue weighted by Gasteiger charge is -2.21. The number of hydrogen-bond acceptors (Lipinski definition) is 3. The lowest BCUT2D eigenvalue weighted by atomic mass is 9.89. The van der Waals surface area contributed by atoms with Crippen LogP contribution in [0.15, 0.2) is 0 Å². The van der Waals surface area contributed by atoms with Gasteiger partial charge in [-0.2, -0.15) is 0 Å². The Bertz CT molecular complexity index is 158. The molecule has 1 rings (SSSR count). The molecule has 0 atom stereocenters. The number of hydrogen-bond donors (Lipinski definition) is 1. The number of ether oxygens (including phenoxy) is 2. The maximum atomic E-state index is 5.48. The van der Waals surface area contributed by atoms with Crippen molar-refractivity contribution in [1.29, 1.82) is 0 Å². The van der Waals surface area contributed by atoms with Gasteiger partial charge >= 0.3 is 0 Å². The molecule has 1 N–H and O–H groups in total. The van der Waals surface area contributed by atoms with Gasteiger partial charge in [-0.25, -0.2) is 0 Å². The summed E-state index contributed by atoms with van der Waals surface area (Å²) >= 11 is 0. The first-order chi connectivity index (χ1) is 8.43. The zero-order valence-corrected chi connectivity index (χ0v) is 11.4. The monoisotopic (exact) mass is 243 g/mol. The van der Waals surface area contributed by atoms with Gasteiger partial charge in [0.15, 0.2) is 0 Å². The fraction of sp³-hybridized carbons (Fsp3) is 1.00. The minimum absolute atomic E-state index is 0.727. The molecule has 1 saturated carbocycles. The van der Waals surface area contributed by atoms with Gasteiger partial charge in [0.05, 0.1) is 19.8 Å². The minimum atomic E-state index is 0.727. The van der Waals surface area contributed by atoms with Crippen LogP contribution in [0.1, 0.15) is 45.4 Å². The first-order valence-electron chi connectivity index (χ1n) is 7.29. The SMILES string of the molecule is CCCOCCOCCNCC1CCCCC1. The van der Waals surface area contributed by atoms with Crippen LogP contribution >= 0.6 is 0 Å². The molecule has 0 aromatic rings. The largest absolute Gasteiger partial charge is 0.379 e. The van der Waals surface area contributed by atoms with Crippen LogP contribution < -0.4 is 5.32 Å². The maximum Gasteiger partial charge on any atom is 0.0701 e. The smallest absolute Gasteiger partial charge is 0.0701 e. The normalized spacial score (nSPS) is 17.5. The molecule has 0 saturated heterocycles. The van der Waals surface area contributed by atoms with Crippen LogP contribution in [0.5, 0.6) is 0 Å². The second-order valence-corrected chi connectivity index (χ2v) is 4.93. The summed E-state index contributed by atoms with van der Waals surface area (Å²) in [5, 5.41) is 3.49. The molecule has 3 heteroatoms. The van der Waals surface area contributed by atoms with Crippen LogP contribution in [0.3, 0.4) is 0 Å². The molecule has 1 aliphatic carbocycles. The molecule has 0 aromatic carbocycles. The Balaban J connectivity index is 1.75. The van der Waals surface area contributed by atoms with Gasteiger partial charge in [0.2, 0.25) is 0 Å². The van der Waals surface area contributed by atoms with Gasteiger partial charge in [0, 0.05) is 13.2 Å². The molecular weight excluding hydrogens is 214 g/mol. The van der Waals surface area contributed by atoms with Crippen molar-refractivity contribution in [1.82, 2.24) is 5.32 Å². The van der Waals surface area contributed by atoms with Crippen molar-refractivity contribution < 1.29 is 9.47 Å². The van der Waals surface area contributed by atoms with E-state index in [9.17, 15) is 0 Å². The van der Waals surface area contributed by atoms with Gasteiger partial charge in [-0.15, -0.1) is 0 Å². The van der Waals surface area contributed by atoms with Crippen molar-refractivity contribution in [2.45, 2.75) is 45.4 Å². The van der Waals surface area contributed by atoms with Gasteiger partial charge in [-0.3, -0.25) is 0 Å². The van der Waals surface area contributed by atoms with Crippen molar-refractivity contribution in [2.75, 3.05) is 39.5 Å². The minimum Gasteiger partial charge on any atom is -0.379 e. The van der Waals surface area contributed by atoms with Crippen molar-refractivity contribution in [2.24, 2.45) is 5.92 Å². The van der Waals surface area contributed by atoms with Crippen LogP contribution in [0.25, 0.3) is 0 Å². The summed E-state index contributed by atoms with van der Waals surface area (Å²) in [7, 11) is 0. The molecule has 0 radical (unpaired) electrons. The third kappa shape index (κ3) is 8.58. The van der Waals surface area contributed by atoms with E-state index in [1.165, 1.54) is 38.6 Å². The van der Waals surface area contributed by atoms with E-state index in [4.69, 9.17) is 9.47 Å². The summed E-state index contributed by atoms with van der Waals surface area (Å²) in [5.41, 5.74) is 0. The highest BCUT2D eigenvalue weighted by Crippen LogP contribution is 2.22. The van der Waals surface area contributed by atoms with Crippen molar-refractivity contribution in [3.8, 4) is 0 Å². The lowest BCUT2D eigenvalue weighted by molar-refractivity contribution is 0.0488. The zero-order valence-electron chi connectivity index (χ0n) is 11.4. The quantitative estimate of drug-likeness (QED) is 0.598. The predicted molar refractivity (Wildman–Crippen MR) is 71.4 cm³/mol. The molecule has 0 unspecified atom stereocenters. The van der Waals surface area contributed by atoms with Crippen molar-refractivity contribution in [3.05, 3.63) is 0 Å². The lowest BCUT2D eigenvalue weighted by Crippen LogP contribution is -2.27. The predicted octanol–water partition coefficient (Wildman–Crippen LogP) is 2.60. The Labute approximate surface area is 106 Å². The topological polar surface area (TPSA) is 30.5 Å². The van der Waals surface area contributed by atoms with Crippen LogP contribution in [0.2, 0.25) is 0 Å². The van der Waals surface area contributed by atoms with E-state index >= 15 is 0 Å². The van der Waals surface area contributed by atoms with Gasteiger partial charge in [-0.05, 0) is 31.7 Å². The van der Waals surface area contributed by atoms with Crippen molar-refractivity contribution >= 4 is 0 Å². The molecule has 0 amide bonds. The molecule has 0 bridgehead atoms. The van der Waals surface area contributed by atoms with Gasteiger partial charge in [0.1, 0.15) is 0 Å². The van der Waals surface area contributed by atoms with Gasteiger partial charge in [0.25, 0.3) is 0 Å². The van der Waals surface area contributed by atoms with Gasteiger partial charge in [-0.1, -0.05) is 26.2 Å². The van der Waals surface area contributed by atoms with Crippen LogP contribution in [0.4, 0.5) is 0 Å². The molecule has 1 fully saturated rings. The summed E-state index contributed by atoms with van der Waals surface area (Å²) in [6.45, 7) is 7.39. The van der Waals surface area contributed by atoms with E-state index in [1.54, 1.807) is 0 Å². The molecule has 0 aliphatic heterocycles. The second-order valence-electron chi connectivity index (χ2n) is 4.93. The Morgan fingerprint density at radius 1 is 0.941 bits per heavy atom. The van der Waals surface area contributed by atoms with Crippen LogP contribution in [-0.4, -0.2) is 39.5 Å². The van der Waals surface area contributed by atoms with E-state index in [0.717, 1.165) is 45.3 Å². The molecule has 1 aliphatic rings. The standard InChI is InChI=1S/C14H29NO2/c1-2-9-16-11-12-17-10-8-15-13-14-6-4-3-5-7-14/h14-15H,2-13H2,1H3. The second kappa shape index (κ2) is 11.0. The molecule has 0 spiro atoms.